The predicted octanol–water partition coefficient (Wildman–Crippen LogP) is 6.62. The number of rotatable bonds is 1. The molecule has 34 heavy (non-hydrogen) atoms. The molecule has 0 aromatic heterocycles. The van der Waals surface area contributed by atoms with Gasteiger partial charge in [0.05, 0.1) is 18.3 Å². The van der Waals surface area contributed by atoms with Crippen LogP contribution >= 0.6 is 0 Å². The van der Waals surface area contributed by atoms with E-state index >= 15 is 0 Å². The van der Waals surface area contributed by atoms with Gasteiger partial charge in [0.1, 0.15) is 0 Å². The Bertz CT molecular complexity index is 863. The molecule has 12 atom stereocenters. The number of hydrogen-bond acceptors (Lipinski definition) is 3. The Morgan fingerprint density at radius 2 is 1.56 bits per heavy atom. The van der Waals surface area contributed by atoms with Crippen molar-refractivity contribution in [3.05, 3.63) is 11.6 Å². The first-order valence-electron chi connectivity index (χ1n) is 14.3. The second kappa shape index (κ2) is 7.57. The highest BCUT2D eigenvalue weighted by atomic mass is 16.5. The van der Waals surface area contributed by atoms with Gasteiger partial charge in [-0.1, -0.05) is 67.0 Å². The lowest BCUT2D eigenvalue weighted by Gasteiger charge is -2.72. The molecule has 12 unspecified atom stereocenters. The Kier molecular flexibility index (Phi) is 5.63. The van der Waals surface area contributed by atoms with Crippen molar-refractivity contribution in [1.82, 2.24) is 0 Å². The molecule has 5 aliphatic carbocycles. The molecule has 0 radical (unpaired) electrons. The average molecular weight is 473 g/mol. The maximum Gasteiger partial charge on any atom is 0.0793 e. The summed E-state index contributed by atoms with van der Waals surface area (Å²) in [5.74, 6) is 2.33. The molecule has 0 spiro atoms. The van der Waals surface area contributed by atoms with Crippen LogP contribution < -0.4 is 0 Å². The highest BCUT2D eigenvalue weighted by Gasteiger charge is 2.70. The summed E-state index contributed by atoms with van der Waals surface area (Å²) in [5, 5.41) is 21.9. The molecule has 0 aromatic carbocycles. The highest BCUT2D eigenvalue weighted by Crippen LogP contribution is 2.75. The van der Waals surface area contributed by atoms with Gasteiger partial charge >= 0.3 is 0 Å². The Hall–Kier alpha value is -0.380. The van der Waals surface area contributed by atoms with E-state index in [1.165, 1.54) is 25.7 Å². The van der Waals surface area contributed by atoms with Crippen LogP contribution in [0.2, 0.25) is 0 Å². The zero-order valence-corrected chi connectivity index (χ0v) is 23.4. The zero-order chi connectivity index (χ0) is 25.1. The Labute approximate surface area is 209 Å². The quantitative estimate of drug-likeness (QED) is 0.422. The maximum absolute atomic E-state index is 11.0. The second-order valence-electron chi connectivity index (χ2n) is 15.1. The van der Waals surface area contributed by atoms with Crippen molar-refractivity contribution in [2.24, 2.45) is 56.7 Å². The minimum atomic E-state index is -0.201. The lowest BCUT2D eigenvalue weighted by molar-refractivity contribution is -0.230. The van der Waals surface area contributed by atoms with E-state index in [9.17, 15) is 10.2 Å². The largest absolute Gasteiger partial charge is 0.393 e. The van der Waals surface area contributed by atoms with Crippen molar-refractivity contribution in [1.29, 1.82) is 0 Å². The summed E-state index contributed by atoms with van der Waals surface area (Å²) in [4.78, 5) is 0. The van der Waals surface area contributed by atoms with E-state index in [2.05, 4.69) is 61.5 Å². The Morgan fingerprint density at radius 3 is 2.21 bits per heavy atom. The Balaban J connectivity index is 1.66. The fourth-order valence-electron chi connectivity index (χ4n) is 11.2. The molecule has 0 aromatic rings. The SMILES string of the molecule is COC1C=C2C3C(C)C(C)C(O)CC3(C)CCC2(C)C2(C)CCC3C(C)(C)C(O)CCC3(C)C12. The molecule has 0 amide bonds. The number of aliphatic hydroxyl groups is 2. The van der Waals surface area contributed by atoms with Crippen LogP contribution in [0.25, 0.3) is 0 Å². The van der Waals surface area contributed by atoms with Crippen LogP contribution in [-0.4, -0.2) is 35.6 Å². The lowest BCUT2D eigenvalue weighted by atomic mass is 9.33. The van der Waals surface area contributed by atoms with Crippen LogP contribution in [-0.2, 0) is 4.74 Å². The van der Waals surface area contributed by atoms with Gasteiger partial charge in [0, 0.05) is 13.0 Å². The van der Waals surface area contributed by atoms with Crippen molar-refractivity contribution in [2.75, 3.05) is 7.11 Å². The van der Waals surface area contributed by atoms with Gasteiger partial charge in [-0.15, -0.1) is 0 Å². The fourth-order valence-corrected chi connectivity index (χ4v) is 11.2. The van der Waals surface area contributed by atoms with Crippen LogP contribution in [0, 0.1) is 56.7 Å². The van der Waals surface area contributed by atoms with Crippen LogP contribution in [0.4, 0.5) is 0 Å². The van der Waals surface area contributed by atoms with E-state index in [0.717, 1.165) is 19.3 Å². The summed E-state index contributed by atoms with van der Waals surface area (Å²) in [6.45, 7) is 19.5. The molecule has 2 N–H and O–H groups in total. The molecule has 5 rings (SSSR count). The van der Waals surface area contributed by atoms with Crippen LogP contribution in [0.1, 0.15) is 100 Å². The predicted molar refractivity (Wildman–Crippen MR) is 138 cm³/mol. The summed E-state index contributed by atoms with van der Waals surface area (Å²) in [5.41, 5.74) is 2.31. The van der Waals surface area contributed by atoms with Gasteiger partial charge in [-0.25, -0.2) is 0 Å². The third-order valence-electron chi connectivity index (χ3n) is 13.6. The molecule has 3 heteroatoms. The first kappa shape index (κ1) is 25.3. The van der Waals surface area contributed by atoms with Crippen molar-refractivity contribution >= 4 is 0 Å². The van der Waals surface area contributed by atoms with E-state index in [1.54, 1.807) is 5.57 Å². The monoisotopic (exact) mass is 472 g/mol. The third kappa shape index (κ3) is 2.93. The van der Waals surface area contributed by atoms with Crippen LogP contribution in [0.3, 0.4) is 0 Å². The smallest absolute Gasteiger partial charge is 0.0793 e. The van der Waals surface area contributed by atoms with Gasteiger partial charge in [0.25, 0.3) is 0 Å². The standard InChI is InChI=1S/C31H52O3/c1-18-19(2)25-20-16-22(34-9)26-29(6)12-11-24(33)27(3,4)23(29)10-13-31(26,8)30(20,7)15-14-28(25,5)17-21(18)32/h16,18-19,21-26,32-33H,10-15,17H2,1-9H3. The van der Waals surface area contributed by atoms with Gasteiger partial charge < -0.3 is 14.9 Å². The molecule has 194 valence electrons. The van der Waals surface area contributed by atoms with E-state index in [1.807, 2.05) is 7.11 Å². The molecule has 0 saturated heterocycles. The summed E-state index contributed by atoms with van der Waals surface area (Å²) in [6, 6.07) is 0. The zero-order valence-electron chi connectivity index (χ0n) is 23.4. The lowest BCUT2D eigenvalue weighted by Crippen LogP contribution is -2.68. The third-order valence-corrected chi connectivity index (χ3v) is 13.6. The number of hydrogen-bond donors (Lipinski definition) is 2. The van der Waals surface area contributed by atoms with Gasteiger partial charge in [0.15, 0.2) is 0 Å². The minimum Gasteiger partial charge on any atom is -0.393 e. The van der Waals surface area contributed by atoms with E-state index in [4.69, 9.17) is 4.74 Å². The minimum absolute atomic E-state index is 0.0495. The second-order valence-corrected chi connectivity index (χ2v) is 15.1. The first-order chi connectivity index (χ1) is 15.7. The summed E-state index contributed by atoms with van der Waals surface area (Å²) in [6.07, 6.45) is 10.1. The summed E-state index contributed by atoms with van der Waals surface area (Å²) < 4.78 is 6.44. The molecular weight excluding hydrogens is 420 g/mol. The number of allylic oxidation sites excluding steroid dienone is 1. The summed E-state index contributed by atoms with van der Waals surface area (Å²) >= 11 is 0. The molecule has 5 aliphatic rings. The highest BCUT2D eigenvalue weighted by molar-refractivity contribution is 5.36. The fraction of sp³-hybridized carbons (Fsp3) is 0.935. The molecule has 0 heterocycles. The molecule has 4 fully saturated rings. The molecule has 0 aliphatic heterocycles. The normalized spacial score (nSPS) is 58.6. The average Bonchev–Trinajstić information content (AvgIpc) is 2.75. The van der Waals surface area contributed by atoms with E-state index in [0.29, 0.717) is 29.6 Å². The van der Waals surface area contributed by atoms with Crippen LogP contribution in [0.5, 0.6) is 0 Å². The van der Waals surface area contributed by atoms with Gasteiger partial charge in [-0.05, 0) is 95.7 Å². The molecular formula is C31H52O3. The molecule has 4 saturated carbocycles. The summed E-state index contributed by atoms with van der Waals surface area (Å²) in [7, 11) is 1.93. The number of aliphatic hydroxyl groups excluding tert-OH is 2. The van der Waals surface area contributed by atoms with Crippen molar-refractivity contribution in [2.45, 2.75) is 119 Å². The van der Waals surface area contributed by atoms with Crippen LogP contribution in [0.15, 0.2) is 11.6 Å². The number of methoxy groups -OCH3 is 1. The van der Waals surface area contributed by atoms with Crippen molar-refractivity contribution in [3.63, 3.8) is 0 Å². The first-order valence-corrected chi connectivity index (χ1v) is 14.3. The Morgan fingerprint density at radius 1 is 0.882 bits per heavy atom. The van der Waals surface area contributed by atoms with E-state index in [-0.39, 0.29) is 45.4 Å². The van der Waals surface area contributed by atoms with Gasteiger partial charge in [0.2, 0.25) is 0 Å². The van der Waals surface area contributed by atoms with Crippen molar-refractivity contribution < 1.29 is 14.9 Å². The van der Waals surface area contributed by atoms with Gasteiger partial charge in [-0.2, -0.15) is 0 Å². The number of fused-ring (bicyclic) bond motifs is 7. The van der Waals surface area contributed by atoms with E-state index < -0.39 is 0 Å². The van der Waals surface area contributed by atoms with Gasteiger partial charge in [-0.3, -0.25) is 0 Å². The maximum atomic E-state index is 11.0. The van der Waals surface area contributed by atoms with Crippen molar-refractivity contribution in [3.8, 4) is 0 Å². The molecule has 0 bridgehead atoms. The topological polar surface area (TPSA) is 49.7 Å². The molecule has 3 nitrogen and oxygen atoms in total. The number of ether oxygens (including phenoxy) is 1.